The number of cyclic esters (lactones) is 1. The molecule has 0 bridgehead atoms. The second-order valence-electron chi connectivity index (χ2n) is 16.5. The monoisotopic (exact) mass is 732 g/mol. The number of carbonyl (C=O) groups excluding carboxylic acids is 4. The van der Waals surface area contributed by atoms with Gasteiger partial charge in [0.15, 0.2) is 0 Å². The summed E-state index contributed by atoms with van der Waals surface area (Å²) in [5.74, 6) is 0.147. The Morgan fingerprint density at radius 1 is 0.679 bits per heavy atom. The van der Waals surface area contributed by atoms with E-state index in [1.807, 2.05) is 82.2 Å². The number of esters is 4. The van der Waals surface area contributed by atoms with Crippen molar-refractivity contribution in [3.8, 4) is 11.5 Å². The molecule has 5 rings (SSSR count). The lowest BCUT2D eigenvalue weighted by atomic mass is 9.86. The Balaban J connectivity index is 0.000000218. The first-order chi connectivity index (χ1) is 24.7. The molecule has 0 amide bonds. The van der Waals surface area contributed by atoms with E-state index in [1.54, 1.807) is 30.3 Å². The molecule has 3 aromatic carbocycles. The SMILES string of the molecule is CCC(C)(C)C(=O)OC(C)(C)C1Cc2ccccc2C1.CCC(C)(C)C(=O)OC1COC(=O)C1.CCC(C)(C)C(=O)Oc1cccc2c(O)cccc12. The van der Waals surface area contributed by atoms with Crippen LogP contribution in [-0.2, 0) is 46.2 Å². The van der Waals surface area contributed by atoms with Crippen molar-refractivity contribution in [1.82, 2.24) is 0 Å². The molecule has 53 heavy (non-hydrogen) atoms. The van der Waals surface area contributed by atoms with Crippen molar-refractivity contribution >= 4 is 34.6 Å². The number of benzene rings is 3. The predicted octanol–water partition coefficient (Wildman–Crippen LogP) is 9.33. The summed E-state index contributed by atoms with van der Waals surface area (Å²) in [6.07, 6.45) is 4.03. The van der Waals surface area contributed by atoms with Gasteiger partial charge in [0.25, 0.3) is 0 Å². The Morgan fingerprint density at radius 3 is 1.72 bits per heavy atom. The molecule has 1 heterocycles. The molecule has 290 valence electrons. The number of ether oxygens (including phenoxy) is 4. The van der Waals surface area contributed by atoms with E-state index in [-0.39, 0.29) is 48.8 Å². The quantitative estimate of drug-likeness (QED) is 0.123. The van der Waals surface area contributed by atoms with E-state index in [2.05, 4.69) is 24.3 Å². The molecule has 2 aliphatic rings. The van der Waals surface area contributed by atoms with Gasteiger partial charge in [0, 0.05) is 16.7 Å². The zero-order valence-electron chi connectivity index (χ0n) is 33.6. The molecule has 9 heteroatoms. The Bertz CT molecular complexity index is 1730. The number of rotatable bonds is 10. The summed E-state index contributed by atoms with van der Waals surface area (Å²) in [5.41, 5.74) is 0.989. The molecule has 0 radical (unpaired) electrons. The third kappa shape index (κ3) is 11.3. The lowest BCUT2D eigenvalue weighted by molar-refractivity contribution is -0.172. The highest BCUT2D eigenvalue weighted by Gasteiger charge is 2.40. The maximum absolute atomic E-state index is 12.3. The second kappa shape index (κ2) is 17.6. The van der Waals surface area contributed by atoms with Crippen LogP contribution in [0.3, 0.4) is 0 Å². The standard InChI is InChI=1S/C18H26O2.C16H18O3.C10H16O4/c1-6-17(2,3)16(19)20-18(4,5)15-11-13-9-7-8-10-14(13)12-15;1-4-16(2,3)15(18)19-14-10-6-7-11-12(14)8-5-9-13(11)17;1-4-10(2,3)9(12)14-7-5-8(11)13-6-7/h7-10,15H,6,11-12H2,1-5H3;5-10,17H,4H2,1-3H3;7H,4-6H2,1-3H3. The third-order valence-corrected chi connectivity index (χ3v) is 10.9. The molecular formula is C44H60O9. The Labute approximate surface area is 315 Å². The van der Waals surface area contributed by atoms with Gasteiger partial charge in [-0.1, -0.05) is 69.3 Å². The maximum atomic E-state index is 12.3. The molecule has 3 aromatic rings. The van der Waals surface area contributed by atoms with Gasteiger partial charge in [-0.15, -0.1) is 0 Å². The van der Waals surface area contributed by atoms with Crippen molar-refractivity contribution in [2.45, 2.75) is 126 Å². The fraction of sp³-hybridized carbons (Fsp3) is 0.545. The molecule has 0 spiro atoms. The molecule has 1 saturated heterocycles. The van der Waals surface area contributed by atoms with Gasteiger partial charge < -0.3 is 24.1 Å². The number of phenolic OH excluding ortho intramolecular Hbond substituents is 1. The summed E-state index contributed by atoms with van der Waals surface area (Å²) in [6, 6.07) is 19.0. The van der Waals surface area contributed by atoms with Crippen LogP contribution in [0.2, 0.25) is 0 Å². The number of hydrogen-bond donors (Lipinski definition) is 1. The van der Waals surface area contributed by atoms with Crippen LogP contribution < -0.4 is 4.74 Å². The van der Waals surface area contributed by atoms with E-state index in [0.717, 1.165) is 24.6 Å². The molecule has 1 atom stereocenters. The smallest absolute Gasteiger partial charge is 0.316 e. The van der Waals surface area contributed by atoms with Gasteiger partial charge in [-0.05, 0) is 111 Å². The lowest BCUT2D eigenvalue weighted by Crippen LogP contribution is -2.41. The van der Waals surface area contributed by atoms with Gasteiger partial charge in [0.1, 0.15) is 29.8 Å². The highest BCUT2D eigenvalue weighted by Crippen LogP contribution is 2.37. The Hall–Kier alpha value is -4.40. The van der Waals surface area contributed by atoms with E-state index in [1.165, 1.54) is 11.1 Å². The average Bonchev–Trinajstić information content (AvgIpc) is 3.75. The van der Waals surface area contributed by atoms with Crippen LogP contribution in [0.25, 0.3) is 10.8 Å². The predicted molar refractivity (Wildman–Crippen MR) is 206 cm³/mol. The Morgan fingerprint density at radius 2 is 1.19 bits per heavy atom. The van der Waals surface area contributed by atoms with Crippen LogP contribution in [0.15, 0.2) is 60.7 Å². The first-order valence-corrected chi connectivity index (χ1v) is 18.8. The van der Waals surface area contributed by atoms with Crippen LogP contribution in [0.4, 0.5) is 0 Å². The molecule has 1 fully saturated rings. The zero-order valence-corrected chi connectivity index (χ0v) is 33.6. The number of hydrogen-bond acceptors (Lipinski definition) is 9. The molecule has 1 unspecified atom stereocenters. The summed E-state index contributed by atoms with van der Waals surface area (Å²) in [7, 11) is 0. The van der Waals surface area contributed by atoms with Gasteiger partial charge in [-0.2, -0.15) is 0 Å². The Kier molecular flexibility index (Phi) is 14.3. The van der Waals surface area contributed by atoms with Crippen molar-refractivity contribution in [2.24, 2.45) is 22.2 Å². The van der Waals surface area contributed by atoms with Crippen LogP contribution in [-0.4, -0.2) is 47.3 Å². The molecule has 1 aliphatic heterocycles. The molecule has 1 aliphatic carbocycles. The number of fused-ring (bicyclic) bond motifs is 2. The highest BCUT2D eigenvalue weighted by atomic mass is 16.6. The molecular weight excluding hydrogens is 672 g/mol. The largest absolute Gasteiger partial charge is 0.507 e. The minimum Gasteiger partial charge on any atom is -0.507 e. The molecule has 0 saturated carbocycles. The second-order valence-corrected chi connectivity index (χ2v) is 16.5. The van der Waals surface area contributed by atoms with E-state index < -0.39 is 21.8 Å². The minimum absolute atomic E-state index is 0.0824. The van der Waals surface area contributed by atoms with E-state index in [4.69, 9.17) is 18.9 Å². The van der Waals surface area contributed by atoms with E-state index >= 15 is 0 Å². The number of carbonyl (C=O) groups is 4. The van der Waals surface area contributed by atoms with Crippen molar-refractivity contribution in [1.29, 1.82) is 0 Å². The first-order valence-electron chi connectivity index (χ1n) is 18.8. The summed E-state index contributed by atoms with van der Waals surface area (Å²) >= 11 is 0. The molecule has 1 N–H and O–H groups in total. The van der Waals surface area contributed by atoms with Crippen molar-refractivity contribution in [3.63, 3.8) is 0 Å². The van der Waals surface area contributed by atoms with Crippen LogP contribution in [0.5, 0.6) is 11.5 Å². The van der Waals surface area contributed by atoms with Crippen LogP contribution in [0.1, 0.15) is 113 Å². The average molecular weight is 733 g/mol. The molecule has 9 nitrogen and oxygen atoms in total. The maximum Gasteiger partial charge on any atom is 0.316 e. The van der Waals surface area contributed by atoms with Gasteiger partial charge in [0.05, 0.1) is 22.7 Å². The van der Waals surface area contributed by atoms with Gasteiger partial charge in [0.2, 0.25) is 0 Å². The lowest BCUT2D eigenvalue weighted by Gasteiger charge is -2.34. The van der Waals surface area contributed by atoms with E-state index in [0.29, 0.717) is 29.9 Å². The highest BCUT2D eigenvalue weighted by molar-refractivity contribution is 5.94. The summed E-state index contributed by atoms with van der Waals surface area (Å²) in [5, 5.41) is 11.2. The van der Waals surface area contributed by atoms with Crippen molar-refractivity contribution in [2.75, 3.05) is 6.61 Å². The zero-order chi connectivity index (χ0) is 39.8. The summed E-state index contributed by atoms with van der Waals surface area (Å²) < 4.78 is 21.2. The normalized spacial score (nSPS) is 16.0. The summed E-state index contributed by atoms with van der Waals surface area (Å²) in [4.78, 5) is 46.7. The third-order valence-electron chi connectivity index (χ3n) is 10.9. The summed E-state index contributed by atoms with van der Waals surface area (Å²) in [6.45, 7) is 21.5. The number of aromatic hydroxyl groups is 1. The van der Waals surface area contributed by atoms with Crippen LogP contribution in [0, 0.1) is 22.2 Å². The fourth-order valence-corrected chi connectivity index (χ4v) is 5.41. The minimum atomic E-state index is -0.515. The van der Waals surface area contributed by atoms with Crippen molar-refractivity contribution < 1.29 is 43.2 Å². The van der Waals surface area contributed by atoms with Crippen LogP contribution >= 0.6 is 0 Å². The van der Waals surface area contributed by atoms with Crippen molar-refractivity contribution in [3.05, 3.63) is 71.8 Å². The van der Waals surface area contributed by atoms with Gasteiger partial charge in [-0.25, -0.2) is 0 Å². The number of phenols is 1. The van der Waals surface area contributed by atoms with E-state index in [9.17, 15) is 24.3 Å². The van der Waals surface area contributed by atoms with Gasteiger partial charge >= 0.3 is 23.9 Å². The fourth-order valence-electron chi connectivity index (χ4n) is 5.41. The first kappa shape index (κ1) is 43.0. The molecule has 0 aromatic heterocycles. The topological polar surface area (TPSA) is 125 Å². The van der Waals surface area contributed by atoms with Gasteiger partial charge in [-0.3, -0.25) is 19.2 Å².